The lowest BCUT2D eigenvalue weighted by atomic mass is 9.73. The minimum atomic E-state index is -4.59. The molecular formula is C34H31ClF3N7O4. The minimum Gasteiger partial charge on any atom is -0.443 e. The van der Waals surface area contributed by atoms with Crippen molar-refractivity contribution in [2.45, 2.75) is 50.2 Å². The number of carbonyl (C=O) groups excluding carboxylic acids is 2. The van der Waals surface area contributed by atoms with E-state index in [4.69, 9.17) is 16.0 Å². The SMILES string of the molecule is C[C@H]1CC2(CCN(C(=O)c3cccc4ncoc34)CC2)c2c1n(CC(=O)Nc1ccc(C(F)(F)F)cc1Cl)c1ncc(N(C)C)nc1c2=O. The number of amides is 2. The van der Waals surface area contributed by atoms with Gasteiger partial charge in [0, 0.05) is 43.9 Å². The highest BCUT2D eigenvalue weighted by molar-refractivity contribution is 6.33. The Balaban J connectivity index is 1.25. The van der Waals surface area contributed by atoms with Crippen LogP contribution in [0, 0.1) is 0 Å². The largest absolute Gasteiger partial charge is 0.443 e. The van der Waals surface area contributed by atoms with E-state index in [0.29, 0.717) is 66.1 Å². The van der Waals surface area contributed by atoms with Gasteiger partial charge in [-0.05, 0) is 55.5 Å². The highest BCUT2D eigenvalue weighted by atomic mass is 35.5. The maximum atomic E-state index is 14.4. The van der Waals surface area contributed by atoms with E-state index < -0.39 is 23.1 Å². The summed E-state index contributed by atoms with van der Waals surface area (Å²) < 4.78 is 46.8. The fourth-order valence-electron chi connectivity index (χ4n) is 7.34. The van der Waals surface area contributed by atoms with Gasteiger partial charge < -0.3 is 24.1 Å². The maximum Gasteiger partial charge on any atom is 0.416 e. The molecule has 7 rings (SSSR count). The summed E-state index contributed by atoms with van der Waals surface area (Å²) in [5.41, 5.74) is 1.21. The van der Waals surface area contributed by atoms with Gasteiger partial charge >= 0.3 is 6.18 Å². The molecule has 2 aliphatic rings. The van der Waals surface area contributed by atoms with Gasteiger partial charge in [-0.2, -0.15) is 13.2 Å². The molecule has 0 bridgehead atoms. The number of carbonyl (C=O) groups is 2. The van der Waals surface area contributed by atoms with Crippen LogP contribution >= 0.6 is 11.6 Å². The van der Waals surface area contributed by atoms with Crippen LogP contribution in [0.5, 0.6) is 0 Å². The number of pyridine rings is 1. The minimum absolute atomic E-state index is 0.0187. The van der Waals surface area contributed by atoms with Crippen LogP contribution in [0.2, 0.25) is 5.02 Å². The van der Waals surface area contributed by atoms with Gasteiger partial charge in [-0.1, -0.05) is 24.6 Å². The normalized spacial score (nSPS) is 17.1. The average Bonchev–Trinajstić information content (AvgIpc) is 3.65. The van der Waals surface area contributed by atoms with Gasteiger partial charge in [-0.25, -0.2) is 15.0 Å². The second kappa shape index (κ2) is 11.9. The number of fused-ring (bicyclic) bond motifs is 4. The number of likely N-dealkylation sites (tertiary alicyclic amines) is 1. The summed E-state index contributed by atoms with van der Waals surface area (Å²) in [4.78, 5) is 58.4. The monoisotopic (exact) mass is 693 g/mol. The molecule has 1 atom stereocenters. The van der Waals surface area contributed by atoms with E-state index in [1.165, 1.54) is 12.6 Å². The van der Waals surface area contributed by atoms with E-state index in [0.717, 1.165) is 18.2 Å². The standard InChI is InChI=1S/C34H31ClF3N7O4/c1-18-14-33(9-11-44(12-10-33)32(48)20-5-4-6-23-30(20)49-17-40-23)26-28(18)45(31-27(29(26)47)42-24(15-39-31)43(2)3)16-25(46)41-22-8-7-19(13-21(22)35)34(36,37)38/h4-8,13,15,17-18H,9-12,14,16H2,1-3H3,(H,41,46)/t18-/m0/s1. The quantitative estimate of drug-likeness (QED) is 0.238. The topological polar surface area (TPSA) is 126 Å². The predicted octanol–water partition coefficient (Wildman–Crippen LogP) is 5.99. The summed E-state index contributed by atoms with van der Waals surface area (Å²) >= 11 is 6.13. The van der Waals surface area contributed by atoms with Crippen LogP contribution in [0.1, 0.15) is 59.3 Å². The molecule has 0 unspecified atom stereocenters. The number of para-hydroxylation sites is 1. The van der Waals surface area contributed by atoms with E-state index >= 15 is 0 Å². The van der Waals surface area contributed by atoms with Crippen molar-refractivity contribution in [1.82, 2.24) is 24.4 Å². The highest BCUT2D eigenvalue weighted by Crippen LogP contribution is 2.51. The molecule has 5 aromatic rings. The van der Waals surface area contributed by atoms with E-state index in [2.05, 4.69) is 20.3 Å². The van der Waals surface area contributed by atoms with Crippen LogP contribution in [0.3, 0.4) is 0 Å². The number of alkyl halides is 3. The zero-order valence-corrected chi connectivity index (χ0v) is 27.5. The van der Waals surface area contributed by atoms with Crippen molar-refractivity contribution in [2.75, 3.05) is 37.4 Å². The molecule has 1 aliphatic heterocycles. The number of piperidine rings is 1. The van der Waals surface area contributed by atoms with Gasteiger partial charge in [0.2, 0.25) is 11.3 Å². The first-order chi connectivity index (χ1) is 23.3. The number of hydrogen-bond acceptors (Lipinski definition) is 8. The third kappa shape index (κ3) is 5.57. The Morgan fingerprint density at radius 2 is 1.90 bits per heavy atom. The van der Waals surface area contributed by atoms with E-state index in [9.17, 15) is 27.6 Å². The van der Waals surface area contributed by atoms with E-state index in [1.807, 2.05) is 6.92 Å². The van der Waals surface area contributed by atoms with Gasteiger partial charge in [0.05, 0.1) is 28.0 Å². The van der Waals surface area contributed by atoms with E-state index in [-0.39, 0.29) is 45.7 Å². The van der Waals surface area contributed by atoms with Crippen molar-refractivity contribution in [3.05, 3.63) is 86.6 Å². The summed E-state index contributed by atoms with van der Waals surface area (Å²) in [7, 11) is 3.55. The van der Waals surface area contributed by atoms with Crippen molar-refractivity contribution in [1.29, 1.82) is 0 Å². The average molecular weight is 694 g/mol. The first-order valence-corrected chi connectivity index (χ1v) is 16.0. The smallest absolute Gasteiger partial charge is 0.416 e. The molecule has 254 valence electrons. The Hall–Kier alpha value is -4.98. The van der Waals surface area contributed by atoms with Gasteiger partial charge in [0.1, 0.15) is 17.9 Å². The first kappa shape index (κ1) is 32.6. The van der Waals surface area contributed by atoms with Crippen LogP contribution in [0.15, 0.2) is 58.2 Å². The Morgan fingerprint density at radius 1 is 1.14 bits per heavy atom. The number of anilines is 2. The molecule has 0 saturated carbocycles. The number of halogens is 4. The fourth-order valence-corrected chi connectivity index (χ4v) is 7.56. The zero-order valence-electron chi connectivity index (χ0n) is 26.8. The Kier molecular flexibility index (Phi) is 7.88. The summed E-state index contributed by atoms with van der Waals surface area (Å²) in [6.07, 6.45) is -0.132. The molecule has 1 saturated heterocycles. The molecular weight excluding hydrogens is 663 g/mol. The number of aromatic nitrogens is 4. The lowest BCUT2D eigenvalue weighted by Gasteiger charge is -2.40. The van der Waals surface area contributed by atoms with Gasteiger partial charge in [-0.3, -0.25) is 14.4 Å². The van der Waals surface area contributed by atoms with Crippen LogP contribution in [0.4, 0.5) is 24.7 Å². The van der Waals surface area contributed by atoms with Crippen molar-refractivity contribution in [3.63, 3.8) is 0 Å². The van der Waals surface area contributed by atoms with E-state index in [1.54, 1.807) is 46.7 Å². The molecule has 4 heterocycles. The molecule has 49 heavy (non-hydrogen) atoms. The number of benzene rings is 2. The third-order valence-corrected chi connectivity index (χ3v) is 9.92. The summed E-state index contributed by atoms with van der Waals surface area (Å²) in [6.45, 7) is 2.48. The lowest BCUT2D eigenvalue weighted by molar-refractivity contribution is -0.137. The van der Waals surface area contributed by atoms with Gasteiger partial charge in [0.25, 0.3) is 5.91 Å². The second-order valence-electron chi connectivity index (χ2n) is 12.9. The van der Waals surface area contributed by atoms with Gasteiger partial charge in [0.15, 0.2) is 23.1 Å². The van der Waals surface area contributed by atoms with Crippen LogP contribution < -0.4 is 15.6 Å². The third-order valence-electron chi connectivity index (χ3n) is 9.60. The van der Waals surface area contributed by atoms with Crippen molar-refractivity contribution >= 4 is 57.2 Å². The molecule has 15 heteroatoms. The number of hydrogen-bond donors (Lipinski definition) is 1. The van der Waals surface area contributed by atoms with Gasteiger partial charge in [-0.15, -0.1) is 0 Å². The fraction of sp³-hybridized carbons (Fsp3) is 0.353. The molecule has 3 aromatic heterocycles. The Morgan fingerprint density at radius 3 is 2.59 bits per heavy atom. The number of rotatable bonds is 5. The molecule has 1 fully saturated rings. The first-order valence-electron chi connectivity index (χ1n) is 15.7. The van der Waals surface area contributed by atoms with Crippen molar-refractivity contribution < 1.29 is 27.2 Å². The molecule has 1 spiro atoms. The Bertz CT molecular complexity index is 2210. The lowest BCUT2D eigenvalue weighted by Crippen LogP contribution is -2.46. The zero-order chi connectivity index (χ0) is 34.8. The van der Waals surface area contributed by atoms with Crippen molar-refractivity contribution in [2.24, 2.45) is 0 Å². The summed E-state index contributed by atoms with van der Waals surface area (Å²) in [5, 5.41) is 2.36. The summed E-state index contributed by atoms with van der Waals surface area (Å²) in [5.74, 6) is -0.448. The van der Waals surface area contributed by atoms with Crippen LogP contribution in [-0.2, 0) is 22.9 Å². The maximum absolute atomic E-state index is 14.4. The van der Waals surface area contributed by atoms with Crippen LogP contribution in [-0.4, -0.2) is 63.4 Å². The molecule has 1 aliphatic carbocycles. The molecule has 0 radical (unpaired) electrons. The second-order valence-corrected chi connectivity index (χ2v) is 13.3. The van der Waals surface area contributed by atoms with Crippen molar-refractivity contribution in [3.8, 4) is 0 Å². The Labute approximate surface area is 282 Å². The number of nitrogens with zero attached hydrogens (tertiary/aromatic N) is 6. The molecule has 11 nitrogen and oxygen atoms in total. The number of nitrogens with one attached hydrogen (secondary N) is 1. The number of oxazole rings is 1. The predicted molar refractivity (Wildman–Crippen MR) is 177 cm³/mol. The van der Waals surface area contributed by atoms with Crippen LogP contribution in [0.25, 0.3) is 22.3 Å². The molecule has 2 amide bonds. The molecule has 1 N–H and O–H groups in total. The molecule has 2 aromatic carbocycles. The summed E-state index contributed by atoms with van der Waals surface area (Å²) in [6, 6.07) is 7.95. The highest BCUT2D eigenvalue weighted by Gasteiger charge is 2.49.